The van der Waals surface area contributed by atoms with E-state index in [4.69, 9.17) is 16.6 Å². The summed E-state index contributed by atoms with van der Waals surface area (Å²) in [4.78, 5) is 18.4. The number of allylic oxidation sites excluding steroid dienone is 3. The van der Waals surface area contributed by atoms with Crippen LogP contribution in [0.4, 0.5) is 0 Å². The molecule has 4 nitrogen and oxygen atoms in total. The maximum Gasteiger partial charge on any atom is 0.253 e. The van der Waals surface area contributed by atoms with Gasteiger partial charge in [-0.05, 0) is 74.8 Å². The van der Waals surface area contributed by atoms with Crippen LogP contribution in [0.2, 0.25) is 5.02 Å². The van der Waals surface area contributed by atoms with E-state index in [0.717, 1.165) is 27.0 Å². The molecule has 172 valence electrons. The molecule has 2 unspecified atom stereocenters. The molecule has 0 spiro atoms. The molecule has 1 fully saturated rings. The van der Waals surface area contributed by atoms with Crippen molar-refractivity contribution in [1.29, 1.82) is 0 Å². The molecule has 1 amide bonds. The molecule has 2 atom stereocenters. The van der Waals surface area contributed by atoms with Crippen LogP contribution < -0.4 is 5.32 Å². The lowest BCUT2D eigenvalue weighted by Crippen LogP contribution is -2.39. The van der Waals surface area contributed by atoms with Gasteiger partial charge < -0.3 is 9.88 Å². The average molecular weight is 574 g/mol. The fraction of sp³-hybridized carbons (Fsp3) is 0.407. The molecule has 1 aromatic heterocycles. The molecule has 33 heavy (non-hydrogen) atoms. The van der Waals surface area contributed by atoms with Gasteiger partial charge >= 0.3 is 0 Å². The molecule has 0 saturated heterocycles. The first-order valence-electron chi connectivity index (χ1n) is 11.8. The summed E-state index contributed by atoms with van der Waals surface area (Å²) in [5, 5.41) is 4.85. The molecular formula is C27H29ClIN3O. The monoisotopic (exact) mass is 573 g/mol. The summed E-state index contributed by atoms with van der Waals surface area (Å²) in [5.74, 6) is 0.491. The number of nitrogens with zero attached hydrogens (tertiary/aromatic N) is 2. The SMILES string of the molecule is CC(NC(=O)c1cc(Cl)cc2ccn(CC3=NC4CC=CC=C4C=C3)c12)C1CCC(I)CC1. The van der Waals surface area contributed by atoms with Gasteiger partial charge in [-0.1, -0.05) is 58.5 Å². The largest absolute Gasteiger partial charge is 0.349 e. The summed E-state index contributed by atoms with van der Waals surface area (Å²) in [6.07, 6.45) is 18.4. The number of nitrogens with one attached hydrogen (secondary N) is 1. The zero-order chi connectivity index (χ0) is 22.9. The zero-order valence-electron chi connectivity index (χ0n) is 18.8. The number of fused-ring (bicyclic) bond motifs is 2. The minimum absolute atomic E-state index is 0.0460. The Morgan fingerprint density at radius 1 is 1.27 bits per heavy atom. The molecule has 1 N–H and O–H groups in total. The van der Waals surface area contributed by atoms with Crippen LogP contribution in [0, 0.1) is 5.92 Å². The summed E-state index contributed by atoms with van der Waals surface area (Å²) < 4.78 is 2.90. The van der Waals surface area contributed by atoms with Crippen molar-refractivity contribution in [3.05, 3.63) is 70.9 Å². The van der Waals surface area contributed by atoms with E-state index >= 15 is 0 Å². The van der Waals surface area contributed by atoms with Crippen LogP contribution >= 0.6 is 34.2 Å². The molecule has 0 radical (unpaired) electrons. The molecule has 6 heteroatoms. The number of alkyl halides is 1. The summed E-state index contributed by atoms with van der Waals surface area (Å²) in [5.41, 5.74) is 3.84. The van der Waals surface area contributed by atoms with Gasteiger partial charge in [0.1, 0.15) is 0 Å². The van der Waals surface area contributed by atoms with Gasteiger partial charge in [-0.3, -0.25) is 9.79 Å². The van der Waals surface area contributed by atoms with Gasteiger partial charge in [-0.25, -0.2) is 0 Å². The van der Waals surface area contributed by atoms with E-state index in [1.54, 1.807) is 6.07 Å². The van der Waals surface area contributed by atoms with Crippen molar-refractivity contribution in [3.8, 4) is 0 Å². The Kier molecular flexibility index (Phi) is 6.79. The Morgan fingerprint density at radius 3 is 2.91 bits per heavy atom. The van der Waals surface area contributed by atoms with Crippen LogP contribution in [-0.4, -0.2) is 32.2 Å². The molecule has 1 saturated carbocycles. The minimum Gasteiger partial charge on any atom is -0.349 e. The van der Waals surface area contributed by atoms with E-state index in [2.05, 4.69) is 69.8 Å². The Labute approximate surface area is 214 Å². The fourth-order valence-electron chi connectivity index (χ4n) is 5.23. The summed E-state index contributed by atoms with van der Waals surface area (Å²) >= 11 is 8.96. The zero-order valence-corrected chi connectivity index (χ0v) is 21.7. The second-order valence-corrected chi connectivity index (χ2v) is 11.6. The van der Waals surface area contributed by atoms with Crippen molar-refractivity contribution in [3.63, 3.8) is 0 Å². The Bertz CT molecular complexity index is 1180. The minimum atomic E-state index is -0.0460. The number of amides is 1. The van der Waals surface area contributed by atoms with Crippen LogP contribution in [0.5, 0.6) is 0 Å². The average Bonchev–Trinajstić information content (AvgIpc) is 3.21. The van der Waals surface area contributed by atoms with Gasteiger partial charge in [0.05, 0.1) is 29.4 Å². The topological polar surface area (TPSA) is 46.4 Å². The summed E-state index contributed by atoms with van der Waals surface area (Å²) in [7, 11) is 0. The van der Waals surface area contributed by atoms with Gasteiger partial charge in [0.2, 0.25) is 0 Å². The smallest absolute Gasteiger partial charge is 0.253 e. The number of carbonyl (C=O) groups is 1. The van der Waals surface area contributed by atoms with E-state index < -0.39 is 0 Å². The van der Waals surface area contributed by atoms with Crippen molar-refractivity contribution < 1.29 is 4.79 Å². The van der Waals surface area contributed by atoms with E-state index in [9.17, 15) is 4.79 Å². The number of halogens is 2. The number of hydrogen-bond acceptors (Lipinski definition) is 2. The molecule has 1 aliphatic heterocycles. The van der Waals surface area contributed by atoms with E-state index in [1.165, 1.54) is 31.3 Å². The van der Waals surface area contributed by atoms with Crippen LogP contribution in [0.3, 0.4) is 0 Å². The number of aromatic nitrogens is 1. The second kappa shape index (κ2) is 9.79. The number of benzene rings is 1. The van der Waals surface area contributed by atoms with E-state index in [-0.39, 0.29) is 18.0 Å². The maximum absolute atomic E-state index is 13.4. The van der Waals surface area contributed by atoms with Gasteiger partial charge in [-0.2, -0.15) is 0 Å². The normalized spacial score (nSPS) is 25.4. The fourth-order valence-corrected chi connectivity index (χ4v) is 6.18. The highest BCUT2D eigenvalue weighted by Crippen LogP contribution is 2.32. The number of dihydropyridines is 1. The third-order valence-electron chi connectivity index (χ3n) is 7.13. The van der Waals surface area contributed by atoms with E-state index in [0.29, 0.717) is 23.0 Å². The number of hydrogen-bond donors (Lipinski definition) is 1. The van der Waals surface area contributed by atoms with Crippen LogP contribution in [0.15, 0.2) is 65.3 Å². The van der Waals surface area contributed by atoms with Crippen LogP contribution in [0.1, 0.15) is 49.4 Å². The predicted molar refractivity (Wildman–Crippen MR) is 146 cm³/mol. The molecular weight excluding hydrogens is 545 g/mol. The van der Waals surface area contributed by atoms with Crippen LogP contribution in [0.25, 0.3) is 10.9 Å². The Morgan fingerprint density at radius 2 is 2.09 bits per heavy atom. The van der Waals surface area contributed by atoms with E-state index in [1.807, 2.05) is 18.3 Å². The van der Waals surface area contributed by atoms with Crippen molar-refractivity contribution in [2.75, 3.05) is 0 Å². The Balaban J connectivity index is 1.39. The van der Waals surface area contributed by atoms with Gasteiger partial charge in [0.15, 0.2) is 0 Å². The molecule has 1 aromatic carbocycles. The molecule has 2 aromatic rings. The second-order valence-electron chi connectivity index (χ2n) is 9.41. The van der Waals surface area contributed by atoms with Crippen molar-refractivity contribution in [2.24, 2.45) is 10.9 Å². The van der Waals surface area contributed by atoms with Gasteiger partial charge in [0, 0.05) is 26.6 Å². The number of aliphatic imine (C=N–C) groups is 1. The van der Waals surface area contributed by atoms with Crippen molar-refractivity contribution >= 4 is 56.7 Å². The Hall–Kier alpha value is -1.86. The predicted octanol–water partition coefficient (Wildman–Crippen LogP) is 6.67. The van der Waals surface area contributed by atoms with Crippen molar-refractivity contribution in [2.45, 2.75) is 61.6 Å². The molecule has 0 bridgehead atoms. The molecule has 2 aliphatic carbocycles. The summed E-state index contributed by atoms with van der Waals surface area (Å²) in [6, 6.07) is 6.11. The first kappa shape index (κ1) is 22.9. The first-order valence-corrected chi connectivity index (χ1v) is 13.4. The first-order chi connectivity index (χ1) is 16.0. The highest BCUT2D eigenvalue weighted by molar-refractivity contribution is 14.1. The number of rotatable bonds is 5. The van der Waals surface area contributed by atoms with Crippen molar-refractivity contribution in [1.82, 2.24) is 9.88 Å². The lowest BCUT2D eigenvalue weighted by molar-refractivity contribution is 0.0921. The lowest BCUT2D eigenvalue weighted by Gasteiger charge is -2.30. The molecule has 5 rings (SSSR count). The molecule has 3 aliphatic rings. The van der Waals surface area contributed by atoms with Crippen LogP contribution in [-0.2, 0) is 6.54 Å². The highest BCUT2D eigenvalue weighted by Gasteiger charge is 2.26. The third-order valence-corrected chi connectivity index (χ3v) is 8.59. The number of carbonyl (C=O) groups excluding carboxylic acids is 1. The standard InChI is InChI=1S/C27H29ClIN3O/c1-17(18-6-9-22(29)10-7-18)30-27(33)24-15-21(28)14-20-12-13-32(26(20)24)16-23-11-8-19-4-2-3-5-25(19)31-23/h2-4,8,11-15,17-18,22,25H,5-7,9-10,16H2,1H3,(H,30,33). The lowest BCUT2D eigenvalue weighted by atomic mass is 9.84. The molecule has 2 heterocycles. The highest BCUT2D eigenvalue weighted by atomic mass is 127. The van der Waals surface area contributed by atoms with Gasteiger partial charge in [-0.15, -0.1) is 0 Å². The maximum atomic E-state index is 13.4. The summed E-state index contributed by atoms with van der Waals surface area (Å²) in [6.45, 7) is 2.77. The van der Waals surface area contributed by atoms with Gasteiger partial charge in [0.25, 0.3) is 5.91 Å². The quantitative estimate of drug-likeness (QED) is 0.315. The third kappa shape index (κ3) is 4.99.